The molecule has 1 heterocycles. The van der Waals surface area contributed by atoms with Gasteiger partial charge < -0.3 is 15.4 Å². The van der Waals surface area contributed by atoms with Crippen molar-refractivity contribution in [1.82, 2.24) is 15.3 Å². The summed E-state index contributed by atoms with van der Waals surface area (Å²) in [5.41, 5.74) is 1.89. The van der Waals surface area contributed by atoms with E-state index in [1.807, 2.05) is 31.2 Å². The number of amides is 1. The molecule has 1 amide bonds. The molecule has 5 nitrogen and oxygen atoms in total. The minimum absolute atomic E-state index is 0.0137. The summed E-state index contributed by atoms with van der Waals surface area (Å²) in [6.45, 7) is 2.76. The lowest BCUT2D eigenvalue weighted by molar-refractivity contribution is -0.118. The van der Waals surface area contributed by atoms with Gasteiger partial charge in [0.15, 0.2) is 5.16 Å². The number of benzene rings is 1. The topological polar surface area (TPSA) is 78.0 Å². The smallest absolute Gasteiger partial charge is 0.230 e. The maximum atomic E-state index is 11.7. The number of fused-ring (bicyclic) bond motifs is 1. The molecule has 108 valence electrons. The van der Waals surface area contributed by atoms with Gasteiger partial charge in [-0.25, -0.2) is 4.98 Å². The standard InChI is InChI=1S/C14H19N3O2S/c1-10(6-7-18)8-15-13(19)9-20-14-16-11-4-2-3-5-12(11)17-14/h2-5,10,18H,6-9H2,1H3,(H,15,19)(H,16,17). The minimum Gasteiger partial charge on any atom is -0.396 e. The number of aromatic amines is 1. The van der Waals surface area contributed by atoms with Crippen molar-refractivity contribution in [3.05, 3.63) is 24.3 Å². The zero-order chi connectivity index (χ0) is 14.4. The summed E-state index contributed by atoms with van der Waals surface area (Å²) in [6.07, 6.45) is 0.705. The van der Waals surface area contributed by atoms with E-state index in [1.165, 1.54) is 11.8 Å². The molecule has 0 aliphatic carbocycles. The largest absolute Gasteiger partial charge is 0.396 e. The van der Waals surface area contributed by atoms with Crippen LogP contribution in [0.5, 0.6) is 0 Å². The fraction of sp³-hybridized carbons (Fsp3) is 0.429. The first kappa shape index (κ1) is 14.9. The van der Waals surface area contributed by atoms with E-state index >= 15 is 0 Å². The van der Waals surface area contributed by atoms with E-state index < -0.39 is 0 Å². The first-order chi connectivity index (χ1) is 9.69. The average Bonchev–Trinajstić information content (AvgIpc) is 2.86. The van der Waals surface area contributed by atoms with Crippen LogP contribution in [0.1, 0.15) is 13.3 Å². The number of hydrogen-bond acceptors (Lipinski definition) is 4. The molecule has 0 aliphatic rings. The van der Waals surface area contributed by atoms with Gasteiger partial charge >= 0.3 is 0 Å². The van der Waals surface area contributed by atoms with Crippen LogP contribution in [-0.2, 0) is 4.79 Å². The molecule has 6 heteroatoms. The molecular formula is C14H19N3O2S. The van der Waals surface area contributed by atoms with Crippen molar-refractivity contribution in [3.63, 3.8) is 0 Å². The Balaban J connectivity index is 1.78. The summed E-state index contributed by atoms with van der Waals surface area (Å²) in [5, 5.41) is 12.4. The summed E-state index contributed by atoms with van der Waals surface area (Å²) in [6, 6.07) is 7.78. The molecular weight excluding hydrogens is 274 g/mol. The highest BCUT2D eigenvalue weighted by Crippen LogP contribution is 2.18. The van der Waals surface area contributed by atoms with Crippen LogP contribution in [0.15, 0.2) is 29.4 Å². The summed E-state index contributed by atoms with van der Waals surface area (Å²) in [5.74, 6) is 0.617. The number of carbonyl (C=O) groups excluding carboxylic acids is 1. The Morgan fingerprint density at radius 1 is 1.50 bits per heavy atom. The Morgan fingerprint density at radius 3 is 3.05 bits per heavy atom. The van der Waals surface area contributed by atoms with Gasteiger partial charge in [-0.15, -0.1) is 0 Å². The maximum Gasteiger partial charge on any atom is 0.230 e. The first-order valence-corrected chi connectivity index (χ1v) is 7.62. The van der Waals surface area contributed by atoms with Crippen LogP contribution in [-0.4, -0.2) is 39.9 Å². The molecule has 0 saturated heterocycles. The van der Waals surface area contributed by atoms with Crippen molar-refractivity contribution in [3.8, 4) is 0 Å². The first-order valence-electron chi connectivity index (χ1n) is 6.64. The molecule has 2 aromatic rings. The monoisotopic (exact) mass is 293 g/mol. The van der Waals surface area contributed by atoms with Crippen molar-refractivity contribution < 1.29 is 9.90 Å². The van der Waals surface area contributed by atoms with Crippen LogP contribution in [0, 0.1) is 5.92 Å². The molecule has 0 bridgehead atoms. The van der Waals surface area contributed by atoms with E-state index in [1.54, 1.807) is 0 Å². The number of aliphatic hydroxyl groups is 1. The second-order valence-electron chi connectivity index (χ2n) is 4.77. The van der Waals surface area contributed by atoms with E-state index in [2.05, 4.69) is 15.3 Å². The van der Waals surface area contributed by atoms with Gasteiger partial charge in [0.25, 0.3) is 0 Å². The number of imidazole rings is 1. The lowest BCUT2D eigenvalue weighted by atomic mass is 10.1. The molecule has 2 rings (SSSR count). The fourth-order valence-electron chi connectivity index (χ4n) is 1.79. The predicted molar refractivity (Wildman–Crippen MR) is 80.7 cm³/mol. The molecule has 0 aliphatic heterocycles. The summed E-state index contributed by atoms with van der Waals surface area (Å²) >= 11 is 1.39. The Hall–Kier alpha value is -1.53. The summed E-state index contributed by atoms with van der Waals surface area (Å²) in [7, 11) is 0. The van der Waals surface area contributed by atoms with Gasteiger partial charge in [0, 0.05) is 13.2 Å². The number of H-pyrrole nitrogens is 1. The van der Waals surface area contributed by atoms with Crippen LogP contribution >= 0.6 is 11.8 Å². The summed E-state index contributed by atoms with van der Waals surface area (Å²) in [4.78, 5) is 19.3. The number of thioether (sulfide) groups is 1. The van der Waals surface area contributed by atoms with E-state index in [0.717, 1.165) is 16.2 Å². The molecule has 1 aromatic carbocycles. The van der Waals surface area contributed by atoms with Crippen LogP contribution in [0.2, 0.25) is 0 Å². The Kier molecular flexibility index (Phi) is 5.43. The van der Waals surface area contributed by atoms with Crippen LogP contribution in [0.4, 0.5) is 0 Å². The molecule has 0 fully saturated rings. The zero-order valence-corrected chi connectivity index (χ0v) is 12.2. The lowest BCUT2D eigenvalue weighted by Crippen LogP contribution is -2.30. The van der Waals surface area contributed by atoms with Gasteiger partial charge in [-0.05, 0) is 24.5 Å². The second kappa shape index (κ2) is 7.31. The molecule has 1 unspecified atom stereocenters. The maximum absolute atomic E-state index is 11.7. The van der Waals surface area contributed by atoms with Crippen molar-refractivity contribution in [2.24, 2.45) is 5.92 Å². The Morgan fingerprint density at radius 2 is 2.30 bits per heavy atom. The average molecular weight is 293 g/mol. The Bertz CT molecular complexity index is 537. The molecule has 3 N–H and O–H groups in total. The highest BCUT2D eigenvalue weighted by Gasteiger charge is 2.08. The van der Waals surface area contributed by atoms with Crippen LogP contribution in [0.3, 0.4) is 0 Å². The highest BCUT2D eigenvalue weighted by molar-refractivity contribution is 7.99. The molecule has 0 radical (unpaired) electrons. The van der Waals surface area contributed by atoms with Crippen molar-refractivity contribution in [2.45, 2.75) is 18.5 Å². The van der Waals surface area contributed by atoms with Gasteiger partial charge in [0.05, 0.1) is 16.8 Å². The number of hydrogen-bond donors (Lipinski definition) is 3. The van der Waals surface area contributed by atoms with E-state index in [4.69, 9.17) is 5.11 Å². The number of aromatic nitrogens is 2. The number of carbonyl (C=O) groups is 1. The van der Waals surface area contributed by atoms with Gasteiger partial charge in [0.2, 0.25) is 5.91 Å². The molecule has 20 heavy (non-hydrogen) atoms. The van der Waals surface area contributed by atoms with Gasteiger partial charge in [-0.1, -0.05) is 30.8 Å². The second-order valence-corrected chi connectivity index (χ2v) is 5.73. The van der Waals surface area contributed by atoms with Crippen LogP contribution in [0.25, 0.3) is 11.0 Å². The van der Waals surface area contributed by atoms with Gasteiger partial charge in [0.1, 0.15) is 0 Å². The molecule has 1 aromatic heterocycles. The number of aliphatic hydroxyl groups excluding tert-OH is 1. The van der Waals surface area contributed by atoms with Crippen molar-refractivity contribution in [1.29, 1.82) is 0 Å². The molecule has 0 saturated carbocycles. The number of nitrogens with one attached hydrogen (secondary N) is 2. The third kappa shape index (κ3) is 4.25. The van der Waals surface area contributed by atoms with Crippen molar-refractivity contribution >= 4 is 28.7 Å². The fourth-order valence-corrected chi connectivity index (χ4v) is 2.51. The third-order valence-electron chi connectivity index (χ3n) is 2.98. The van der Waals surface area contributed by atoms with E-state index in [9.17, 15) is 4.79 Å². The number of para-hydroxylation sites is 2. The van der Waals surface area contributed by atoms with Gasteiger partial charge in [-0.2, -0.15) is 0 Å². The SMILES string of the molecule is CC(CCO)CNC(=O)CSc1nc2ccccc2[nH]1. The van der Waals surface area contributed by atoms with Crippen molar-refractivity contribution in [2.75, 3.05) is 18.9 Å². The Labute approximate surface area is 122 Å². The quantitative estimate of drug-likeness (QED) is 0.680. The van der Waals surface area contributed by atoms with E-state index in [-0.39, 0.29) is 12.5 Å². The lowest BCUT2D eigenvalue weighted by Gasteiger charge is -2.10. The number of rotatable bonds is 7. The van der Waals surface area contributed by atoms with E-state index in [0.29, 0.717) is 24.6 Å². The third-order valence-corrected chi connectivity index (χ3v) is 3.85. The molecule has 1 atom stereocenters. The zero-order valence-electron chi connectivity index (χ0n) is 11.4. The normalized spacial score (nSPS) is 12.5. The summed E-state index contributed by atoms with van der Waals surface area (Å²) < 4.78 is 0. The predicted octanol–water partition coefficient (Wildman–Crippen LogP) is 1.79. The highest BCUT2D eigenvalue weighted by atomic mass is 32.2. The number of nitrogens with zero attached hydrogens (tertiary/aromatic N) is 1. The minimum atomic E-state index is -0.0137. The van der Waals surface area contributed by atoms with Gasteiger partial charge in [-0.3, -0.25) is 4.79 Å². The molecule has 0 spiro atoms. The van der Waals surface area contributed by atoms with Crippen LogP contribution < -0.4 is 5.32 Å².